The maximum absolute atomic E-state index is 12.5. The Morgan fingerprint density at radius 2 is 2.28 bits per heavy atom. The zero-order valence-electron chi connectivity index (χ0n) is 14.6. The molecule has 2 amide bonds. The van der Waals surface area contributed by atoms with Crippen LogP contribution in [0.4, 0.5) is 0 Å². The Morgan fingerprint density at radius 1 is 1.48 bits per heavy atom. The monoisotopic (exact) mass is 344 g/mol. The van der Waals surface area contributed by atoms with Crippen LogP contribution in [0.1, 0.15) is 60.2 Å². The molecule has 134 valence electrons. The molecule has 2 aromatic heterocycles. The van der Waals surface area contributed by atoms with Crippen LogP contribution in [0.15, 0.2) is 12.3 Å². The van der Waals surface area contributed by atoms with Crippen molar-refractivity contribution >= 4 is 11.8 Å². The number of nitrogens with two attached hydrogens (primary N) is 1. The van der Waals surface area contributed by atoms with E-state index in [2.05, 4.69) is 34.5 Å². The third-order valence-corrected chi connectivity index (χ3v) is 4.25. The number of amides is 2. The average molecular weight is 344 g/mol. The van der Waals surface area contributed by atoms with E-state index in [0.717, 1.165) is 42.6 Å². The topological polar surface area (TPSA) is 119 Å². The molecule has 0 aromatic carbocycles. The molecule has 0 radical (unpaired) electrons. The summed E-state index contributed by atoms with van der Waals surface area (Å²) in [6, 6.07) is 1.63. The van der Waals surface area contributed by atoms with Gasteiger partial charge in [-0.3, -0.25) is 19.4 Å². The molecule has 0 fully saturated rings. The zero-order valence-corrected chi connectivity index (χ0v) is 14.6. The molecule has 1 atom stereocenters. The summed E-state index contributed by atoms with van der Waals surface area (Å²) < 4.78 is 1.55. The first-order valence-corrected chi connectivity index (χ1v) is 8.62. The van der Waals surface area contributed by atoms with E-state index in [1.165, 1.54) is 0 Å². The fraction of sp³-hybridized carbons (Fsp3) is 0.529. The Bertz CT molecular complexity index is 776. The Labute approximate surface area is 146 Å². The van der Waals surface area contributed by atoms with Gasteiger partial charge in [0.05, 0.1) is 11.7 Å². The molecule has 1 unspecified atom stereocenters. The summed E-state index contributed by atoms with van der Waals surface area (Å²) >= 11 is 0. The Balaban J connectivity index is 1.71. The van der Waals surface area contributed by atoms with Crippen LogP contribution in [-0.4, -0.2) is 31.8 Å². The second-order valence-electron chi connectivity index (χ2n) is 7.00. The van der Waals surface area contributed by atoms with E-state index in [1.54, 1.807) is 10.7 Å². The minimum Gasteiger partial charge on any atom is -0.368 e. The lowest BCUT2D eigenvalue weighted by molar-refractivity contribution is -0.118. The number of nitrogens with one attached hydrogen (secondary N) is 2. The average Bonchev–Trinajstić information content (AvgIpc) is 3.13. The predicted molar refractivity (Wildman–Crippen MR) is 91.7 cm³/mol. The quantitative estimate of drug-likeness (QED) is 0.727. The number of fused-ring (bicyclic) bond motifs is 1. The summed E-state index contributed by atoms with van der Waals surface area (Å²) in [7, 11) is 0. The molecule has 0 aliphatic heterocycles. The standard InChI is InChI=1S/C17H24N6O2/c1-10(2)6-12-7-14(21-20-12)17(25)19-13-5-3-4-11-8-23(9-15(18)24)22-16(11)13/h7-8,10,13H,3-6,9H2,1-2H3,(H2,18,24)(H,19,25)(H,20,21). The van der Waals surface area contributed by atoms with Crippen LogP contribution in [-0.2, 0) is 24.2 Å². The number of aromatic nitrogens is 4. The first-order valence-electron chi connectivity index (χ1n) is 8.62. The highest BCUT2D eigenvalue weighted by atomic mass is 16.2. The van der Waals surface area contributed by atoms with Crippen molar-refractivity contribution in [1.29, 1.82) is 0 Å². The van der Waals surface area contributed by atoms with Crippen molar-refractivity contribution in [2.24, 2.45) is 11.7 Å². The molecule has 2 aromatic rings. The van der Waals surface area contributed by atoms with Gasteiger partial charge in [0.25, 0.3) is 5.91 Å². The van der Waals surface area contributed by atoms with Gasteiger partial charge in [-0.1, -0.05) is 13.8 Å². The van der Waals surface area contributed by atoms with E-state index in [4.69, 9.17) is 5.73 Å². The number of carbonyl (C=O) groups excluding carboxylic acids is 2. The Hall–Kier alpha value is -2.64. The van der Waals surface area contributed by atoms with Crippen molar-refractivity contribution in [3.8, 4) is 0 Å². The number of rotatable bonds is 6. The third kappa shape index (κ3) is 4.07. The number of nitrogens with zero attached hydrogens (tertiary/aromatic N) is 3. The maximum Gasteiger partial charge on any atom is 0.272 e. The third-order valence-electron chi connectivity index (χ3n) is 4.25. The van der Waals surface area contributed by atoms with E-state index < -0.39 is 5.91 Å². The molecule has 2 heterocycles. The molecule has 0 saturated heterocycles. The summed E-state index contributed by atoms with van der Waals surface area (Å²) in [6.45, 7) is 4.28. The van der Waals surface area contributed by atoms with Crippen LogP contribution in [0.5, 0.6) is 0 Å². The Morgan fingerprint density at radius 3 is 3.00 bits per heavy atom. The van der Waals surface area contributed by atoms with Crippen LogP contribution >= 0.6 is 0 Å². The van der Waals surface area contributed by atoms with Crippen molar-refractivity contribution in [3.63, 3.8) is 0 Å². The molecule has 25 heavy (non-hydrogen) atoms. The van der Waals surface area contributed by atoms with Crippen LogP contribution in [0, 0.1) is 5.92 Å². The highest BCUT2D eigenvalue weighted by Crippen LogP contribution is 2.28. The zero-order chi connectivity index (χ0) is 18.0. The molecule has 8 heteroatoms. The highest BCUT2D eigenvalue weighted by Gasteiger charge is 2.26. The molecule has 0 spiro atoms. The first-order chi connectivity index (χ1) is 11.9. The van der Waals surface area contributed by atoms with Gasteiger partial charge in [-0.15, -0.1) is 0 Å². The first kappa shape index (κ1) is 17.2. The predicted octanol–water partition coefficient (Wildman–Crippen LogP) is 1.10. The normalized spacial score (nSPS) is 16.7. The molecule has 8 nitrogen and oxygen atoms in total. The van der Waals surface area contributed by atoms with Crippen LogP contribution in [0.3, 0.4) is 0 Å². The molecule has 3 rings (SSSR count). The SMILES string of the molecule is CC(C)Cc1cc(C(=O)NC2CCCc3cn(CC(N)=O)nc32)n[nH]1. The summed E-state index contributed by atoms with van der Waals surface area (Å²) in [5, 5.41) is 14.5. The number of hydrogen-bond donors (Lipinski definition) is 3. The number of carbonyl (C=O) groups is 2. The molecular formula is C17H24N6O2. The van der Waals surface area contributed by atoms with Crippen molar-refractivity contribution in [3.05, 3.63) is 34.9 Å². The lowest BCUT2D eigenvalue weighted by atomic mass is 9.93. The molecule has 0 bridgehead atoms. The van der Waals surface area contributed by atoms with Crippen LogP contribution in [0.25, 0.3) is 0 Å². The Kier molecular flexibility index (Phi) is 4.87. The van der Waals surface area contributed by atoms with Crippen LogP contribution in [0.2, 0.25) is 0 Å². The van der Waals surface area contributed by atoms with Gasteiger partial charge in [-0.25, -0.2) is 0 Å². The molecular weight excluding hydrogens is 320 g/mol. The fourth-order valence-corrected chi connectivity index (χ4v) is 3.23. The van der Waals surface area contributed by atoms with Gasteiger partial charge >= 0.3 is 0 Å². The van der Waals surface area contributed by atoms with Crippen molar-refractivity contribution < 1.29 is 9.59 Å². The second-order valence-corrected chi connectivity index (χ2v) is 7.00. The summed E-state index contributed by atoms with van der Waals surface area (Å²) in [5.74, 6) is -0.158. The number of hydrogen-bond acceptors (Lipinski definition) is 4. The summed E-state index contributed by atoms with van der Waals surface area (Å²) in [4.78, 5) is 23.6. The van der Waals surface area contributed by atoms with E-state index in [1.807, 2.05) is 6.20 Å². The van der Waals surface area contributed by atoms with E-state index in [0.29, 0.717) is 11.6 Å². The molecule has 1 aliphatic carbocycles. The molecule has 0 saturated carbocycles. The second kappa shape index (κ2) is 7.08. The molecule has 4 N–H and O–H groups in total. The van der Waals surface area contributed by atoms with Gasteiger partial charge in [-0.05, 0) is 43.2 Å². The summed E-state index contributed by atoms with van der Waals surface area (Å²) in [5.41, 5.74) is 8.45. The lowest BCUT2D eigenvalue weighted by Crippen LogP contribution is -2.31. The van der Waals surface area contributed by atoms with E-state index in [9.17, 15) is 9.59 Å². The number of primary amides is 1. The highest BCUT2D eigenvalue weighted by molar-refractivity contribution is 5.92. The molecule has 1 aliphatic rings. The minimum atomic E-state index is -0.436. The van der Waals surface area contributed by atoms with Crippen molar-refractivity contribution in [2.75, 3.05) is 0 Å². The van der Waals surface area contributed by atoms with Crippen molar-refractivity contribution in [1.82, 2.24) is 25.3 Å². The van der Waals surface area contributed by atoms with Crippen molar-refractivity contribution in [2.45, 2.75) is 52.1 Å². The largest absolute Gasteiger partial charge is 0.368 e. The number of H-pyrrole nitrogens is 1. The fourth-order valence-electron chi connectivity index (χ4n) is 3.23. The summed E-state index contributed by atoms with van der Waals surface area (Å²) in [6.07, 6.45) is 5.36. The number of aryl methyl sites for hydroxylation is 1. The van der Waals surface area contributed by atoms with Gasteiger partial charge in [0.15, 0.2) is 0 Å². The van der Waals surface area contributed by atoms with Gasteiger partial charge in [-0.2, -0.15) is 10.2 Å². The van der Waals surface area contributed by atoms with Gasteiger partial charge in [0, 0.05) is 11.9 Å². The van der Waals surface area contributed by atoms with E-state index in [-0.39, 0.29) is 18.5 Å². The van der Waals surface area contributed by atoms with E-state index >= 15 is 0 Å². The van der Waals surface area contributed by atoms with Gasteiger partial charge < -0.3 is 11.1 Å². The van der Waals surface area contributed by atoms with Gasteiger partial charge in [0.2, 0.25) is 5.91 Å². The van der Waals surface area contributed by atoms with Crippen LogP contribution < -0.4 is 11.1 Å². The smallest absolute Gasteiger partial charge is 0.272 e. The minimum absolute atomic E-state index is 0.0472. The maximum atomic E-state index is 12.5. The lowest BCUT2D eigenvalue weighted by Gasteiger charge is -2.21. The van der Waals surface area contributed by atoms with Gasteiger partial charge in [0.1, 0.15) is 12.2 Å². The number of aromatic amines is 1.